The number of nitrogens with zero attached hydrogens (tertiary/aromatic N) is 1. The zero-order valence-corrected chi connectivity index (χ0v) is 17.4. The molecule has 1 heterocycles. The molecule has 0 spiro atoms. The summed E-state index contributed by atoms with van der Waals surface area (Å²) in [6.07, 6.45) is -5.87. The van der Waals surface area contributed by atoms with Gasteiger partial charge in [0, 0.05) is 10.8 Å². The van der Waals surface area contributed by atoms with Crippen LogP contribution in [0, 0.1) is 5.41 Å². The third-order valence-electron chi connectivity index (χ3n) is 5.09. The predicted octanol–water partition coefficient (Wildman–Crippen LogP) is 4.03. The minimum absolute atomic E-state index is 0.256. The van der Waals surface area contributed by atoms with Gasteiger partial charge >= 0.3 is 12.1 Å². The van der Waals surface area contributed by atoms with Crippen molar-refractivity contribution in [1.82, 2.24) is 10.3 Å². The Labute approximate surface area is 183 Å². The van der Waals surface area contributed by atoms with Gasteiger partial charge in [-0.3, -0.25) is 14.4 Å². The second-order valence-corrected chi connectivity index (χ2v) is 7.82. The van der Waals surface area contributed by atoms with Crippen LogP contribution < -0.4 is 16.2 Å². The molecule has 2 N–H and O–H groups in total. The van der Waals surface area contributed by atoms with E-state index in [4.69, 9.17) is 0 Å². The largest absolute Gasteiger partial charge is 0.455 e. The van der Waals surface area contributed by atoms with Crippen LogP contribution in [0.3, 0.4) is 0 Å². The molecule has 0 saturated carbocycles. The number of aromatic nitrogens is 1. The van der Waals surface area contributed by atoms with E-state index in [1.165, 1.54) is 5.32 Å². The number of rotatable bonds is 5. The molecule has 0 fully saturated rings. The van der Waals surface area contributed by atoms with Gasteiger partial charge < -0.3 is 10.6 Å². The van der Waals surface area contributed by atoms with Gasteiger partial charge in [-0.25, -0.2) is 4.98 Å². The average Bonchev–Trinajstić information content (AvgIpc) is 2.86. The van der Waals surface area contributed by atoms with Gasteiger partial charge in [-0.15, -0.1) is 0 Å². The highest BCUT2D eigenvalue weighted by atomic mass is 19.4. The molecule has 0 saturated heterocycles. The van der Waals surface area contributed by atoms with Crippen molar-refractivity contribution in [1.29, 1.82) is 0 Å². The maximum absolute atomic E-state index is 13.1. The molecule has 0 bridgehead atoms. The van der Waals surface area contributed by atoms with Gasteiger partial charge in [0.05, 0.1) is 12.1 Å². The second kappa shape index (κ2) is 8.38. The summed E-state index contributed by atoms with van der Waals surface area (Å²) in [5, 5.41) is 5.28. The molecule has 0 aliphatic heterocycles. The number of nitrogens with one attached hydrogen (secondary N) is 2. The summed E-state index contributed by atoms with van der Waals surface area (Å²) in [4.78, 5) is 41.9. The van der Waals surface area contributed by atoms with E-state index in [0.717, 1.165) is 13.8 Å². The van der Waals surface area contributed by atoms with Gasteiger partial charge in [0.2, 0.25) is 11.8 Å². The third kappa shape index (κ3) is 4.62. The molecule has 0 aliphatic carbocycles. The van der Waals surface area contributed by atoms with Gasteiger partial charge in [-0.2, -0.15) is 22.0 Å². The number of carbonyl (C=O) groups excluding carboxylic acids is 2. The standard InChI is InChI=1S/C22H18F5N3O3/c1-20(2,18(32)28-11-21(23,24)22(25,26)27)19(33)30-16-14-9-4-3-7-12(14)13-8-5-6-10-15(13)29-17(16)31/h3-10H,11H2,1-2H3,(H,28,32)(H,29,30,31,33). The molecular formula is C22H18F5N3O3. The molecule has 0 unspecified atom stereocenters. The third-order valence-corrected chi connectivity index (χ3v) is 5.09. The number of fused-ring (bicyclic) bond motifs is 3. The molecule has 0 atom stereocenters. The Morgan fingerprint density at radius 1 is 0.848 bits per heavy atom. The van der Waals surface area contributed by atoms with Crippen molar-refractivity contribution in [3.63, 3.8) is 0 Å². The number of benzene rings is 2. The Hall–Kier alpha value is -3.63. The van der Waals surface area contributed by atoms with Crippen molar-refractivity contribution in [2.75, 3.05) is 11.9 Å². The first-order valence-corrected chi connectivity index (χ1v) is 9.62. The number of halogens is 5. The summed E-state index contributed by atoms with van der Waals surface area (Å²) in [5.41, 5.74) is -2.82. The van der Waals surface area contributed by atoms with E-state index in [1.807, 2.05) is 0 Å². The molecule has 2 aromatic carbocycles. The first-order valence-electron chi connectivity index (χ1n) is 9.62. The SMILES string of the molecule is CC(C)(C(=O)NCC(F)(F)C(F)(F)F)C(=O)Nc1c(=O)nc2ccccc2c2ccccc12. The van der Waals surface area contributed by atoms with E-state index in [1.54, 1.807) is 48.5 Å². The molecule has 0 radical (unpaired) electrons. The van der Waals surface area contributed by atoms with Crippen molar-refractivity contribution in [2.45, 2.75) is 25.9 Å². The number of hydrogen-bond acceptors (Lipinski definition) is 4. The highest BCUT2D eigenvalue weighted by Crippen LogP contribution is 2.35. The van der Waals surface area contributed by atoms with E-state index in [0.29, 0.717) is 21.7 Å². The summed E-state index contributed by atoms with van der Waals surface area (Å²) >= 11 is 0. The number of para-hydroxylation sites is 1. The monoisotopic (exact) mass is 467 g/mol. The lowest BCUT2D eigenvalue weighted by molar-refractivity contribution is -0.278. The Kier molecular flexibility index (Phi) is 6.10. The molecule has 6 nitrogen and oxygen atoms in total. The molecule has 3 rings (SSSR count). The molecular weight excluding hydrogens is 449 g/mol. The molecule has 2 amide bonds. The lowest BCUT2D eigenvalue weighted by atomic mass is 9.90. The van der Waals surface area contributed by atoms with Crippen LogP contribution in [0.2, 0.25) is 0 Å². The molecule has 3 aromatic rings. The topological polar surface area (TPSA) is 88.2 Å². The molecule has 0 aliphatic rings. The molecule has 174 valence electrons. The van der Waals surface area contributed by atoms with Gasteiger partial charge in [0.15, 0.2) is 0 Å². The number of alkyl halides is 5. The van der Waals surface area contributed by atoms with Crippen molar-refractivity contribution in [3.8, 4) is 0 Å². The molecule has 1 aromatic heterocycles. The van der Waals surface area contributed by atoms with Crippen LogP contribution in [0.25, 0.3) is 21.7 Å². The van der Waals surface area contributed by atoms with Crippen molar-refractivity contribution in [2.24, 2.45) is 5.41 Å². The number of hydrogen-bond donors (Lipinski definition) is 2. The minimum atomic E-state index is -5.87. The fraction of sp³-hybridized carbons (Fsp3) is 0.273. The first-order chi connectivity index (χ1) is 15.3. The van der Waals surface area contributed by atoms with Crippen LogP contribution in [0.15, 0.2) is 53.3 Å². The normalized spacial score (nSPS) is 12.6. The zero-order valence-electron chi connectivity index (χ0n) is 17.4. The van der Waals surface area contributed by atoms with Crippen molar-refractivity contribution >= 4 is 39.2 Å². The Morgan fingerprint density at radius 2 is 1.39 bits per heavy atom. The van der Waals surface area contributed by atoms with E-state index < -0.39 is 41.4 Å². The van der Waals surface area contributed by atoms with Gasteiger partial charge in [-0.1, -0.05) is 42.5 Å². The van der Waals surface area contributed by atoms with Crippen LogP contribution in [-0.4, -0.2) is 35.4 Å². The second-order valence-electron chi connectivity index (χ2n) is 7.82. The quantitative estimate of drug-likeness (QED) is 0.438. The van der Waals surface area contributed by atoms with E-state index in [2.05, 4.69) is 10.3 Å². The van der Waals surface area contributed by atoms with Crippen LogP contribution in [0.1, 0.15) is 13.8 Å². The van der Waals surface area contributed by atoms with Crippen LogP contribution >= 0.6 is 0 Å². The number of amides is 2. The van der Waals surface area contributed by atoms with E-state index in [9.17, 15) is 36.3 Å². The minimum Gasteiger partial charge on any atom is -0.349 e. The fourth-order valence-corrected chi connectivity index (χ4v) is 3.02. The van der Waals surface area contributed by atoms with Gasteiger partial charge in [-0.05, 0) is 25.3 Å². The Balaban J connectivity index is 1.96. The Bertz CT molecular complexity index is 1310. The molecule has 11 heteroatoms. The Morgan fingerprint density at radius 3 is 2.00 bits per heavy atom. The zero-order chi connectivity index (χ0) is 24.6. The van der Waals surface area contributed by atoms with Crippen molar-refractivity contribution in [3.05, 3.63) is 58.9 Å². The van der Waals surface area contributed by atoms with Gasteiger partial charge in [0.25, 0.3) is 5.56 Å². The van der Waals surface area contributed by atoms with Crippen LogP contribution in [0.4, 0.5) is 27.6 Å². The maximum atomic E-state index is 13.1. The number of anilines is 1. The fourth-order valence-electron chi connectivity index (χ4n) is 3.02. The van der Waals surface area contributed by atoms with Gasteiger partial charge in [0.1, 0.15) is 11.1 Å². The first kappa shape index (κ1) is 24.0. The van der Waals surface area contributed by atoms with Crippen molar-refractivity contribution < 1.29 is 31.5 Å². The lowest BCUT2D eigenvalue weighted by Crippen LogP contribution is -2.52. The lowest BCUT2D eigenvalue weighted by Gasteiger charge is -2.25. The summed E-state index contributed by atoms with van der Waals surface area (Å²) < 4.78 is 63.3. The van der Waals surface area contributed by atoms with Crippen LogP contribution in [-0.2, 0) is 9.59 Å². The van der Waals surface area contributed by atoms with E-state index >= 15 is 0 Å². The number of carbonyl (C=O) groups is 2. The molecule has 33 heavy (non-hydrogen) atoms. The predicted molar refractivity (Wildman–Crippen MR) is 112 cm³/mol. The van der Waals surface area contributed by atoms with E-state index in [-0.39, 0.29) is 5.69 Å². The summed E-state index contributed by atoms with van der Waals surface area (Å²) in [7, 11) is 0. The summed E-state index contributed by atoms with van der Waals surface area (Å²) in [5.74, 6) is -7.64. The highest BCUT2D eigenvalue weighted by molar-refractivity contribution is 6.15. The summed E-state index contributed by atoms with van der Waals surface area (Å²) in [6, 6.07) is 13.3. The maximum Gasteiger partial charge on any atom is 0.455 e. The van der Waals surface area contributed by atoms with Crippen LogP contribution in [0.5, 0.6) is 0 Å². The average molecular weight is 467 g/mol. The smallest absolute Gasteiger partial charge is 0.349 e. The summed E-state index contributed by atoms with van der Waals surface area (Å²) in [6.45, 7) is 0.0287. The highest BCUT2D eigenvalue weighted by Gasteiger charge is 2.57.